The van der Waals surface area contributed by atoms with Crippen LogP contribution in [0.15, 0.2) is 36.5 Å². The van der Waals surface area contributed by atoms with E-state index in [0.29, 0.717) is 0 Å². The molecule has 0 amide bonds. The fraction of sp³-hybridized carbons (Fsp3) is 0.375. The van der Waals surface area contributed by atoms with Crippen LogP contribution < -0.4 is 10.2 Å². The van der Waals surface area contributed by atoms with E-state index in [1.165, 1.54) is 5.56 Å². The maximum Gasteiger partial charge on any atom is 0.227 e. The van der Waals surface area contributed by atoms with Crippen LogP contribution in [0.25, 0.3) is 0 Å². The van der Waals surface area contributed by atoms with Gasteiger partial charge in [-0.3, -0.25) is 0 Å². The van der Waals surface area contributed by atoms with E-state index in [1.54, 1.807) is 6.20 Å². The quantitative estimate of drug-likeness (QED) is 0.848. The van der Waals surface area contributed by atoms with Crippen LogP contribution in [0.3, 0.4) is 0 Å². The Morgan fingerprint density at radius 3 is 2.71 bits per heavy atom. The van der Waals surface area contributed by atoms with Crippen molar-refractivity contribution in [2.45, 2.75) is 20.3 Å². The first-order valence-corrected chi connectivity index (χ1v) is 7.67. The number of halogens is 1. The Kier molecular flexibility index (Phi) is 5.81. The van der Waals surface area contributed by atoms with Crippen molar-refractivity contribution >= 4 is 23.4 Å². The minimum absolute atomic E-state index is 0.771. The molecule has 0 saturated carbocycles. The molecule has 0 unspecified atom stereocenters. The van der Waals surface area contributed by atoms with Crippen molar-refractivity contribution in [1.82, 2.24) is 9.97 Å². The maximum absolute atomic E-state index is 5.98. The van der Waals surface area contributed by atoms with Gasteiger partial charge in [0.1, 0.15) is 5.82 Å². The summed E-state index contributed by atoms with van der Waals surface area (Å²) in [7, 11) is 0. The minimum atomic E-state index is 0.771. The number of benzene rings is 1. The standard InChI is InChI=1S/C16H21ClN4/c1-3-21(4-2)16-19-11-9-15(20-16)18-10-8-13-6-5-7-14(17)12-13/h5-7,9,11-12H,3-4,8,10H2,1-2H3,(H,18,19,20). The van der Waals surface area contributed by atoms with Crippen molar-refractivity contribution in [1.29, 1.82) is 0 Å². The normalized spacial score (nSPS) is 10.4. The van der Waals surface area contributed by atoms with Gasteiger partial charge in [-0.15, -0.1) is 0 Å². The molecule has 0 atom stereocenters. The Bertz CT molecular complexity index is 570. The zero-order valence-corrected chi connectivity index (χ0v) is 13.3. The molecular formula is C16H21ClN4. The number of rotatable bonds is 7. The number of nitrogens with zero attached hydrogens (tertiary/aromatic N) is 3. The van der Waals surface area contributed by atoms with Gasteiger partial charge >= 0.3 is 0 Å². The fourth-order valence-corrected chi connectivity index (χ4v) is 2.35. The molecular weight excluding hydrogens is 284 g/mol. The Morgan fingerprint density at radius 2 is 2.00 bits per heavy atom. The molecule has 0 spiro atoms. The van der Waals surface area contributed by atoms with Crippen LogP contribution in [0.5, 0.6) is 0 Å². The molecule has 2 rings (SSSR count). The molecule has 112 valence electrons. The molecule has 0 saturated heterocycles. The summed E-state index contributed by atoms with van der Waals surface area (Å²) < 4.78 is 0. The Balaban J connectivity index is 1.93. The van der Waals surface area contributed by atoms with Crippen molar-refractivity contribution in [2.75, 3.05) is 29.9 Å². The first-order chi connectivity index (χ1) is 10.2. The number of hydrogen-bond donors (Lipinski definition) is 1. The third-order valence-electron chi connectivity index (χ3n) is 3.30. The Labute approximate surface area is 131 Å². The second-order valence-electron chi connectivity index (χ2n) is 4.72. The highest BCUT2D eigenvalue weighted by Crippen LogP contribution is 2.13. The number of nitrogens with one attached hydrogen (secondary N) is 1. The summed E-state index contributed by atoms with van der Waals surface area (Å²) in [6.07, 6.45) is 2.70. The Hall–Kier alpha value is -1.81. The van der Waals surface area contributed by atoms with E-state index in [9.17, 15) is 0 Å². The van der Waals surface area contributed by atoms with E-state index < -0.39 is 0 Å². The summed E-state index contributed by atoms with van der Waals surface area (Å²) in [5, 5.41) is 4.11. The second kappa shape index (κ2) is 7.84. The predicted molar refractivity (Wildman–Crippen MR) is 89.2 cm³/mol. The van der Waals surface area contributed by atoms with Gasteiger partial charge in [-0.2, -0.15) is 4.98 Å². The number of aromatic nitrogens is 2. The topological polar surface area (TPSA) is 41.1 Å². The summed E-state index contributed by atoms with van der Waals surface area (Å²) >= 11 is 5.98. The number of hydrogen-bond acceptors (Lipinski definition) is 4. The van der Waals surface area contributed by atoms with Gasteiger partial charge in [-0.1, -0.05) is 23.7 Å². The average molecular weight is 305 g/mol. The summed E-state index contributed by atoms with van der Waals surface area (Å²) in [6, 6.07) is 9.82. The third-order valence-corrected chi connectivity index (χ3v) is 3.53. The van der Waals surface area contributed by atoms with Crippen LogP contribution in [0, 0.1) is 0 Å². The van der Waals surface area contributed by atoms with Crippen LogP contribution in [0.4, 0.5) is 11.8 Å². The lowest BCUT2D eigenvalue weighted by atomic mass is 10.1. The molecule has 1 N–H and O–H groups in total. The molecule has 0 aliphatic rings. The molecule has 5 heteroatoms. The molecule has 1 heterocycles. The van der Waals surface area contributed by atoms with Gasteiger partial charge in [0.05, 0.1) is 0 Å². The van der Waals surface area contributed by atoms with Gasteiger partial charge in [-0.05, 0) is 44.0 Å². The second-order valence-corrected chi connectivity index (χ2v) is 5.16. The summed E-state index contributed by atoms with van der Waals surface area (Å²) in [4.78, 5) is 11.0. The van der Waals surface area contributed by atoms with Gasteiger partial charge in [-0.25, -0.2) is 4.98 Å². The fourth-order valence-electron chi connectivity index (χ4n) is 2.13. The van der Waals surface area contributed by atoms with E-state index >= 15 is 0 Å². The molecule has 2 aromatic rings. The summed E-state index contributed by atoms with van der Waals surface area (Å²) in [5.41, 5.74) is 1.22. The zero-order chi connectivity index (χ0) is 15.1. The van der Waals surface area contributed by atoms with E-state index in [2.05, 4.69) is 40.1 Å². The highest BCUT2D eigenvalue weighted by molar-refractivity contribution is 6.30. The van der Waals surface area contributed by atoms with Gasteiger partial charge in [0.25, 0.3) is 0 Å². The SMILES string of the molecule is CCN(CC)c1nccc(NCCc2cccc(Cl)c2)n1. The maximum atomic E-state index is 5.98. The van der Waals surface area contributed by atoms with Gasteiger partial charge in [0.15, 0.2) is 0 Å². The number of anilines is 2. The van der Waals surface area contributed by atoms with E-state index in [0.717, 1.165) is 42.8 Å². The molecule has 0 fully saturated rings. The van der Waals surface area contributed by atoms with Crippen LogP contribution >= 0.6 is 11.6 Å². The van der Waals surface area contributed by atoms with Crippen LogP contribution in [0.2, 0.25) is 5.02 Å². The molecule has 1 aromatic carbocycles. The first kappa shape index (κ1) is 15.6. The summed E-state index contributed by atoms with van der Waals surface area (Å²) in [5.74, 6) is 1.63. The molecule has 0 aliphatic heterocycles. The highest BCUT2D eigenvalue weighted by atomic mass is 35.5. The van der Waals surface area contributed by atoms with Crippen molar-refractivity contribution in [3.05, 3.63) is 47.1 Å². The van der Waals surface area contributed by atoms with E-state index in [1.807, 2.05) is 24.3 Å². The molecule has 0 aliphatic carbocycles. The smallest absolute Gasteiger partial charge is 0.227 e. The van der Waals surface area contributed by atoms with E-state index in [-0.39, 0.29) is 0 Å². The lowest BCUT2D eigenvalue weighted by Gasteiger charge is -2.18. The monoisotopic (exact) mass is 304 g/mol. The van der Waals surface area contributed by atoms with Crippen molar-refractivity contribution in [3.8, 4) is 0 Å². The first-order valence-electron chi connectivity index (χ1n) is 7.29. The Morgan fingerprint density at radius 1 is 1.19 bits per heavy atom. The van der Waals surface area contributed by atoms with Gasteiger partial charge < -0.3 is 10.2 Å². The third kappa shape index (κ3) is 4.60. The van der Waals surface area contributed by atoms with Crippen LogP contribution in [-0.4, -0.2) is 29.6 Å². The van der Waals surface area contributed by atoms with Crippen LogP contribution in [0.1, 0.15) is 19.4 Å². The molecule has 0 radical (unpaired) electrons. The van der Waals surface area contributed by atoms with Crippen molar-refractivity contribution in [3.63, 3.8) is 0 Å². The zero-order valence-electron chi connectivity index (χ0n) is 12.5. The average Bonchev–Trinajstić information content (AvgIpc) is 2.49. The lowest BCUT2D eigenvalue weighted by Crippen LogP contribution is -2.24. The molecule has 21 heavy (non-hydrogen) atoms. The summed E-state index contributed by atoms with van der Waals surface area (Å²) in [6.45, 7) is 6.83. The van der Waals surface area contributed by atoms with Crippen LogP contribution in [-0.2, 0) is 6.42 Å². The van der Waals surface area contributed by atoms with Gasteiger partial charge in [0.2, 0.25) is 5.95 Å². The van der Waals surface area contributed by atoms with Crippen molar-refractivity contribution < 1.29 is 0 Å². The van der Waals surface area contributed by atoms with Crippen molar-refractivity contribution in [2.24, 2.45) is 0 Å². The largest absolute Gasteiger partial charge is 0.370 e. The molecule has 4 nitrogen and oxygen atoms in total. The lowest BCUT2D eigenvalue weighted by molar-refractivity contribution is 0.820. The predicted octanol–water partition coefficient (Wildman–Crippen LogP) is 3.63. The van der Waals surface area contributed by atoms with E-state index in [4.69, 9.17) is 11.6 Å². The minimum Gasteiger partial charge on any atom is -0.370 e. The van der Waals surface area contributed by atoms with Gasteiger partial charge in [0, 0.05) is 30.9 Å². The molecule has 1 aromatic heterocycles. The molecule has 0 bridgehead atoms. The highest BCUT2D eigenvalue weighted by Gasteiger charge is 2.05.